The van der Waals surface area contributed by atoms with Gasteiger partial charge >= 0.3 is 13.2 Å². The number of carbonyl (C=O) groups excluding carboxylic acids is 1. The Morgan fingerprint density at radius 3 is 2.40 bits per heavy atom. The zero-order valence-corrected chi connectivity index (χ0v) is 13.2. The number of nitrogens with one attached hydrogen (secondary N) is 1. The molecule has 114 valence electrons. The third-order valence-corrected chi connectivity index (χ3v) is 3.66. The van der Waals surface area contributed by atoms with Crippen molar-refractivity contribution in [2.75, 3.05) is 13.2 Å². The van der Waals surface area contributed by atoms with Gasteiger partial charge in [0.05, 0.1) is 17.8 Å². The Morgan fingerprint density at radius 2 is 1.85 bits per heavy atom. The first-order chi connectivity index (χ1) is 9.28. The SMILES string of the molecule is CCCCOC(=O)NCC=CB1OC(C)(C)C(C)(C)O1. The summed E-state index contributed by atoms with van der Waals surface area (Å²) >= 11 is 0. The quantitative estimate of drug-likeness (QED) is 0.601. The molecule has 20 heavy (non-hydrogen) atoms. The summed E-state index contributed by atoms with van der Waals surface area (Å²) in [5.41, 5.74) is -0.678. The molecule has 1 fully saturated rings. The largest absolute Gasteiger partial charge is 0.486 e. The van der Waals surface area contributed by atoms with Gasteiger partial charge in [-0.1, -0.05) is 25.4 Å². The van der Waals surface area contributed by atoms with Crippen LogP contribution in [0.15, 0.2) is 12.1 Å². The molecule has 1 aliphatic heterocycles. The summed E-state index contributed by atoms with van der Waals surface area (Å²) in [4.78, 5) is 11.3. The third kappa shape index (κ3) is 4.83. The summed E-state index contributed by atoms with van der Waals surface area (Å²) in [6, 6.07) is 0. The predicted molar refractivity (Wildman–Crippen MR) is 79.5 cm³/mol. The molecule has 0 atom stereocenters. The lowest BCUT2D eigenvalue weighted by atomic mass is 9.90. The Morgan fingerprint density at radius 1 is 1.25 bits per heavy atom. The summed E-state index contributed by atoms with van der Waals surface area (Å²) in [5, 5.41) is 2.65. The van der Waals surface area contributed by atoms with Gasteiger partial charge in [0.1, 0.15) is 0 Å². The van der Waals surface area contributed by atoms with Crippen LogP contribution < -0.4 is 5.32 Å². The van der Waals surface area contributed by atoms with E-state index in [1.165, 1.54) is 0 Å². The van der Waals surface area contributed by atoms with Crippen LogP contribution in [0.5, 0.6) is 0 Å². The smallest absolute Gasteiger partial charge is 0.450 e. The summed E-state index contributed by atoms with van der Waals surface area (Å²) < 4.78 is 16.6. The second kappa shape index (κ2) is 7.13. The summed E-state index contributed by atoms with van der Waals surface area (Å²) in [6.07, 6.45) is 3.31. The van der Waals surface area contributed by atoms with Crippen molar-refractivity contribution in [3.05, 3.63) is 12.1 Å². The molecule has 1 amide bonds. The average molecular weight is 283 g/mol. The average Bonchev–Trinajstić information content (AvgIpc) is 2.54. The number of amides is 1. The van der Waals surface area contributed by atoms with Crippen molar-refractivity contribution in [1.82, 2.24) is 5.32 Å². The van der Waals surface area contributed by atoms with E-state index in [1.54, 1.807) is 0 Å². The van der Waals surface area contributed by atoms with Crippen molar-refractivity contribution < 1.29 is 18.8 Å². The highest BCUT2D eigenvalue weighted by atomic mass is 16.7. The second-order valence-electron chi connectivity index (χ2n) is 5.92. The fraction of sp³-hybridized carbons (Fsp3) is 0.786. The van der Waals surface area contributed by atoms with Crippen molar-refractivity contribution in [1.29, 1.82) is 0 Å². The molecule has 0 radical (unpaired) electrons. The molecular weight excluding hydrogens is 257 g/mol. The molecule has 0 saturated carbocycles. The van der Waals surface area contributed by atoms with E-state index < -0.39 is 6.09 Å². The first kappa shape index (κ1) is 17.0. The summed E-state index contributed by atoms with van der Waals surface area (Å²) in [6.45, 7) is 10.9. The monoisotopic (exact) mass is 283 g/mol. The van der Waals surface area contributed by atoms with Crippen LogP contribution in [0, 0.1) is 0 Å². The molecule has 0 aromatic carbocycles. The number of unbranched alkanes of at least 4 members (excludes halogenated alkanes) is 1. The maximum atomic E-state index is 11.3. The van der Waals surface area contributed by atoms with E-state index in [2.05, 4.69) is 12.2 Å². The van der Waals surface area contributed by atoms with Gasteiger partial charge in [-0.25, -0.2) is 4.79 Å². The maximum absolute atomic E-state index is 11.3. The van der Waals surface area contributed by atoms with Crippen LogP contribution in [-0.4, -0.2) is 37.6 Å². The topological polar surface area (TPSA) is 56.8 Å². The Kier molecular flexibility index (Phi) is 6.08. The van der Waals surface area contributed by atoms with Crippen molar-refractivity contribution in [3.8, 4) is 0 Å². The number of carbonyl (C=O) groups is 1. The Labute approximate surface area is 122 Å². The van der Waals surface area contributed by atoms with Crippen LogP contribution in [0.1, 0.15) is 47.5 Å². The molecule has 0 aromatic heterocycles. The highest BCUT2D eigenvalue weighted by Crippen LogP contribution is 2.36. The van der Waals surface area contributed by atoms with Crippen LogP contribution in [0.4, 0.5) is 4.79 Å². The molecule has 1 rings (SSSR count). The first-order valence-corrected chi connectivity index (χ1v) is 7.21. The number of hydrogen-bond acceptors (Lipinski definition) is 4. The van der Waals surface area contributed by atoms with Gasteiger partial charge in [-0.3, -0.25) is 0 Å². The van der Waals surface area contributed by atoms with E-state index in [0.717, 1.165) is 12.8 Å². The molecule has 0 bridgehead atoms. The fourth-order valence-corrected chi connectivity index (χ4v) is 1.65. The molecule has 1 saturated heterocycles. The number of rotatable bonds is 6. The lowest BCUT2D eigenvalue weighted by molar-refractivity contribution is 0.00578. The number of ether oxygens (including phenoxy) is 1. The van der Waals surface area contributed by atoms with Gasteiger partial charge in [0.2, 0.25) is 0 Å². The van der Waals surface area contributed by atoms with Crippen LogP contribution >= 0.6 is 0 Å². The minimum Gasteiger partial charge on any atom is -0.450 e. The molecule has 0 aliphatic carbocycles. The van der Waals surface area contributed by atoms with Gasteiger partial charge in [0, 0.05) is 6.54 Å². The zero-order valence-electron chi connectivity index (χ0n) is 13.2. The van der Waals surface area contributed by atoms with Crippen molar-refractivity contribution in [3.63, 3.8) is 0 Å². The molecule has 1 aliphatic rings. The minimum absolute atomic E-state index is 0.339. The Bertz CT molecular complexity index is 339. The van der Waals surface area contributed by atoms with Gasteiger partial charge in [0.15, 0.2) is 0 Å². The minimum atomic E-state index is -0.392. The molecule has 0 aromatic rings. The highest BCUT2D eigenvalue weighted by Gasteiger charge is 2.49. The van der Waals surface area contributed by atoms with E-state index >= 15 is 0 Å². The van der Waals surface area contributed by atoms with E-state index in [-0.39, 0.29) is 18.3 Å². The van der Waals surface area contributed by atoms with Gasteiger partial charge in [-0.15, -0.1) is 0 Å². The number of hydrogen-bond donors (Lipinski definition) is 1. The molecule has 0 unspecified atom stereocenters. The van der Waals surface area contributed by atoms with E-state index in [9.17, 15) is 4.79 Å². The molecule has 6 heteroatoms. The normalized spacial score (nSPS) is 20.4. The third-order valence-electron chi connectivity index (χ3n) is 3.66. The molecule has 1 heterocycles. The van der Waals surface area contributed by atoms with Crippen LogP contribution in [0.25, 0.3) is 0 Å². The van der Waals surface area contributed by atoms with Crippen LogP contribution in [-0.2, 0) is 14.0 Å². The zero-order chi connectivity index (χ0) is 15.2. The van der Waals surface area contributed by atoms with Crippen molar-refractivity contribution in [2.45, 2.75) is 58.7 Å². The molecule has 0 spiro atoms. The first-order valence-electron chi connectivity index (χ1n) is 7.21. The second-order valence-corrected chi connectivity index (χ2v) is 5.92. The predicted octanol–water partition coefficient (Wildman–Crippen LogP) is 2.70. The molecular formula is C14H26BNO4. The van der Waals surface area contributed by atoms with Crippen LogP contribution in [0.3, 0.4) is 0 Å². The maximum Gasteiger partial charge on any atom is 0.486 e. The number of alkyl carbamates (subject to hydrolysis) is 1. The van der Waals surface area contributed by atoms with E-state index in [1.807, 2.05) is 39.7 Å². The van der Waals surface area contributed by atoms with Gasteiger partial charge in [-0.2, -0.15) is 0 Å². The van der Waals surface area contributed by atoms with Crippen LogP contribution in [0.2, 0.25) is 0 Å². The van der Waals surface area contributed by atoms with Gasteiger partial charge in [0.25, 0.3) is 0 Å². The lowest BCUT2D eigenvalue weighted by Gasteiger charge is -2.32. The van der Waals surface area contributed by atoms with E-state index in [0.29, 0.717) is 13.2 Å². The van der Waals surface area contributed by atoms with Crippen molar-refractivity contribution >= 4 is 13.2 Å². The van der Waals surface area contributed by atoms with Gasteiger partial charge < -0.3 is 19.4 Å². The summed E-state index contributed by atoms with van der Waals surface area (Å²) in [5.74, 6) is 1.81. The molecule has 1 N–H and O–H groups in total. The standard InChI is InChI=1S/C14H26BNO4/c1-6-7-11-18-12(17)16-10-8-9-15-19-13(2,3)14(4,5)20-15/h8-9H,6-7,10-11H2,1-5H3,(H,16,17). The molecule has 5 nitrogen and oxygen atoms in total. The highest BCUT2D eigenvalue weighted by molar-refractivity contribution is 6.51. The Hall–Kier alpha value is -1.01. The lowest BCUT2D eigenvalue weighted by Crippen LogP contribution is -2.41. The Balaban J connectivity index is 2.25. The van der Waals surface area contributed by atoms with Gasteiger partial charge in [-0.05, 0) is 34.1 Å². The fourth-order valence-electron chi connectivity index (χ4n) is 1.65. The summed E-state index contributed by atoms with van der Waals surface area (Å²) in [7, 11) is -0.377. The van der Waals surface area contributed by atoms with Crippen molar-refractivity contribution in [2.24, 2.45) is 0 Å². The van der Waals surface area contributed by atoms with E-state index in [4.69, 9.17) is 14.0 Å².